The molecule has 0 aliphatic rings. The number of halogens is 1. The van der Waals surface area contributed by atoms with Crippen LogP contribution in [0.5, 0.6) is 0 Å². The van der Waals surface area contributed by atoms with Gasteiger partial charge in [-0.3, -0.25) is 4.79 Å². The molecule has 2 aromatic heterocycles. The number of nitrogens with zero attached hydrogens (tertiary/aromatic N) is 2. The van der Waals surface area contributed by atoms with E-state index in [0.29, 0.717) is 11.8 Å². The number of amides is 1. The Bertz CT molecular complexity index is 1260. The van der Waals surface area contributed by atoms with Crippen molar-refractivity contribution in [3.8, 4) is 11.1 Å². The monoisotopic (exact) mass is 479 g/mol. The molecular formula is C26H26FN3OS2. The molecule has 0 saturated carbocycles. The lowest BCUT2D eigenvalue weighted by Gasteiger charge is -2.20. The van der Waals surface area contributed by atoms with Gasteiger partial charge in [-0.1, -0.05) is 69.8 Å². The average molecular weight is 480 g/mol. The van der Waals surface area contributed by atoms with Crippen LogP contribution >= 0.6 is 23.1 Å². The first-order chi connectivity index (χ1) is 15.8. The Morgan fingerprint density at radius 3 is 2.33 bits per heavy atom. The van der Waals surface area contributed by atoms with Gasteiger partial charge in [-0.05, 0) is 40.7 Å². The van der Waals surface area contributed by atoms with Crippen molar-refractivity contribution in [2.24, 2.45) is 0 Å². The lowest BCUT2D eigenvalue weighted by molar-refractivity contribution is -0.113. The molecule has 2 heterocycles. The van der Waals surface area contributed by atoms with Crippen molar-refractivity contribution in [3.05, 3.63) is 71.1 Å². The van der Waals surface area contributed by atoms with E-state index < -0.39 is 0 Å². The summed E-state index contributed by atoms with van der Waals surface area (Å²) < 4.78 is 13.4. The maximum atomic E-state index is 13.4. The molecule has 0 bridgehead atoms. The minimum Gasteiger partial charge on any atom is -0.325 e. The van der Waals surface area contributed by atoms with Gasteiger partial charge in [0.15, 0.2) is 0 Å². The summed E-state index contributed by atoms with van der Waals surface area (Å²) in [6.07, 6.45) is 1.53. The predicted octanol–water partition coefficient (Wildman–Crippen LogP) is 7.48. The van der Waals surface area contributed by atoms with Gasteiger partial charge in [-0.15, -0.1) is 11.3 Å². The lowest BCUT2D eigenvalue weighted by atomic mass is 9.92. The standard InChI is InChI=1S/C26H26FN3OS2/c1-15(2)19-6-5-7-20(16(3)4)24(19)30-22(31)13-33-26-23-21(12-32-25(23)28-14-29-26)17-8-10-18(27)11-9-17/h5-12,14-16H,13H2,1-4H3,(H,30,31). The number of aromatic nitrogens is 2. The molecular weight excluding hydrogens is 453 g/mol. The Morgan fingerprint density at radius 1 is 1.03 bits per heavy atom. The van der Waals surface area contributed by atoms with Gasteiger partial charge in [0.05, 0.1) is 11.1 Å². The van der Waals surface area contributed by atoms with Gasteiger partial charge in [0, 0.05) is 16.6 Å². The summed E-state index contributed by atoms with van der Waals surface area (Å²) in [5.41, 5.74) is 5.05. The van der Waals surface area contributed by atoms with E-state index in [-0.39, 0.29) is 17.5 Å². The number of benzene rings is 2. The minimum atomic E-state index is -0.275. The van der Waals surface area contributed by atoms with Gasteiger partial charge in [-0.2, -0.15) is 0 Å². The van der Waals surface area contributed by atoms with Crippen molar-refractivity contribution >= 4 is 44.9 Å². The van der Waals surface area contributed by atoms with Crippen LogP contribution in [-0.2, 0) is 4.79 Å². The highest BCUT2D eigenvalue weighted by atomic mass is 32.2. The average Bonchev–Trinajstić information content (AvgIpc) is 3.23. The van der Waals surface area contributed by atoms with Crippen molar-refractivity contribution in [1.82, 2.24) is 9.97 Å². The zero-order valence-electron chi connectivity index (χ0n) is 19.1. The van der Waals surface area contributed by atoms with Crippen LogP contribution < -0.4 is 5.32 Å². The minimum absolute atomic E-state index is 0.0691. The first kappa shape index (κ1) is 23.4. The molecule has 4 nitrogen and oxygen atoms in total. The van der Waals surface area contributed by atoms with Crippen LogP contribution in [0.2, 0.25) is 0 Å². The summed E-state index contributed by atoms with van der Waals surface area (Å²) in [5.74, 6) is 0.493. The van der Waals surface area contributed by atoms with Gasteiger partial charge in [0.2, 0.25) is 5.91 Å². The Kier molecular flexibility index (Phi) is 7.10. The van der Waals surface area contributed by atoms with E-state index in [4.69, 9.17) is 0 Å². The number of rotatable bonds is 7. The van der Waals surface area contributed by atoms with Crippen molar-refractivity contribution in [2.45, 2.75) is 44.6 Å². The fourth-order valence-corrected chi connectivity index (χ4v) is 5.60. The second-order valence-electron chi connectivity index (χ2n) is 8.47. The van der Waals surface area contributed by atoms with Crippen molar-refractivity contribution < 1.29 is 9.18 Å². The number of para-hydroxylation sites is 1. The van der Waals surface area contributed by atoms with Crippen LogP contribution in [0.25, 0.3) is 21.3 Å². The Morgan fingerprint density at radius 2 is 1.70 bits per heavy atom. The maximum absolute atomic E-state index is 13.4. The number of fused-ring (bicyclic) bond motifs is 1. The molecule has 0 radical (unpaired) electrons. The summed E-state index contributed by atoms with van der Waals surface area (Å²) >= 11 is 2.91. The van der Waals surface area contributed by atoms with Crippen LogP contribution in [0.1, 0.15) is 50.7 Å². The van der Waals surface area contributed by atoms with Crippen LogP contribution in [-0.4, -0.2) is 21.6 Å². The first-order valence-corrected chi connectivity index (χ1v) is 12.7. The van der Waals surface area contributed by atoms with Crippen LogP contribution in [0, 0.1) is 5.82 Å². The number of anilines is 1. The van der Waals surface area contributed by atoms with Gasteiger partial charge < -0.3 is 5.32 Å². The van der Waals surface area contributed by atoms with Crippen molar-refractivity contribution in [3.63, 3.8) is 0 Å². The zero-order valence-corrected chi connectivity index (χ0v) is 20.7. The SMILES string of the molecule is CC(C)c1cccc(C(C)C)c1NC(=O)CSc1ncnc2scc(-c3ccc(F)cc3)c12. The van der Waals surface area contributed by atoms with Crippen LogP contribution in [0.3, 0.4) is 0 Å². The highest BCUT2D eigenvalue weighted by molar-refractivity contribution is 8.00. The lowest BCUT2D eigenvalue weighted by Crippen LogP contribution is -2.17. The fraction of sp³-hybridized carbons (Fsp3) is 0.269. The number of hydrogen-bond acceptors (Lipinski definition) is 5. The second kappa shape index (κ2) is 10.0. The molecule has 2 aromatic carbocycles. The molecule has 170 valence electrons. The molecule has 0 atom stereocenters. The molecule has 0 unspecified atom stereocenters. The number of thiophene rings is 1. The number of hydrogen-bond donors (Lipinski definition) is 1. The Hall–Kier alpha value is -2.77. The third-order valence-electron chi connectivity index (χ3n) is 5.47. The normalized spacial score (nSPS) is 11.5. The largest absolute Gasteiger partial charge is 0.325 e. The Labute approximate surface area is 201 Å². The molecule has 0 aliphatic carbocycles. The predicted molar refractivity (Wildman–Crippen MR) is 137 cm³/mol. The molecule has 0 spiro atoms. The van der Waals surface area contributed by atoms with Crippen molar-refractivity contribution in [2.75, 3.05) is 11.1 Å². The molecule has 1 N–H and O–H groups in total. The maximum Gasteiger partial charge on any atom is 0.234 e. The zero-order chi connectivity index (χ0) is 23.5. The summed E-state index contributed by atoms with van der Waals surface area (Å²) in [4.78, 5) is 22.7. The number of carbonyl (C=O) groups is 1. The summed E-state index contributed by atoms with van der Waals surface area (Å²) in [5, 5.41) is 6.82. The molecule has 0 saturated heterocycles. The molecule has 1 amide bonds. The fourth-order valence-electron chi connectivity index (χ4n) is 3.80. The molecule has 4 rings (SSSR count). The Balaban J connectivity index is 1.58. The second-order valence-corrected chi connectivity index (χ2v) is 10.3. The van der Waals surface area contributed by atoms with Gasteiger partial charge in [-0.25, -0.2) is 14.4 Å². The molecule has 0 aliphatic heterocycles. The van der Waals surface area contributed by atoms with E-state index in [1.54, 1.807) is 12.1 Å². The number of carbonyl (C=O) groups excluding carboxylic acids is 1. The topological polar surface area (TPSA) is 54.9 Å². The number of thioether (sulfide) groups is 1. The van der Waals surface area contributed by atoms with E-state index in [9.17, 15) is 9.18 Å². The van der Waals surface area contributed by atoms with Crippen LogP contribution in [0.4, 0.5) is 10.1 Å². The molecule has 0 fully saturated rings. The van der Waals surface area contributed by atoms with E-state index in [1.165, 1.54) is 41.6 Å². The van der Waals surface area contributed by atoms with Gasteiger partial charge >= 0.3 is 0 Å². The van der Waals surface area contributed by atoms with Gasteiger partial charge in [0.1, 0.15) is 22.0 Å². The quantitative estimate of drug-likeness (QED) is 0.221. The molecule has 33 heavy (non-hydrogen) atoms. The van der Waals surface area contributed by atoms with Gasteiger partial charge in [0.25, 0.3) is 0 Å². The highest BCUT2D eigenvalue weighted by Gasteiger charge is 2.18. The van der Waals surface area contributed by atoms with E-state index >= 15 is 0 Å². The third-order valence-corrected chi connectivity index (χ3v) is 7.34. The number of nitrogens with one attached hydrogen (secondary N) is 1. The summed E-state index contributed by atoms with van der Waals surface area (Å²) in [6.45, 7) is 8.54. The van der Waals surface area contributed by atoms with E-state index in [2.05, 4.69) is 61.2 Å². The molecule has 7 heteroatoms. The smallest absolute Gasteiger partial charge is 0.234 e. The highest BCUT2D eigenvalue weighted by Crippen LogP contribution is 2.38. The summed E-state index contributed by atoms with van der Waals surface area (Å²) in [6, 6.07) is 12.6. The third kappa shape index (κ3) is 5.09. The molecule has 4 aromatic rings. The van der Waals surface area contributed by atoms with E-state index in [0.717, 1.165) is 43.2 Å². The van der Waals surface area contributed by atoms with Crippen LogP contribution in [0.15, 0.2) is 59.2 Å². The first-order valence-electron chi connectivity index (χ1n) is 10.9. The summed E-state index contributed by atoms with van der Waals surface area (Å²) in [7, 11) is 0. The van der Waals surface area contributed by atoms with Crippen molar-refractivity contribution in [1.29, 1.82) is 0 Å². The van der Waals surface area contributed by atoms with E-state index in [1.807, 2.05) is 5.38 Å².